The molecule has 0 radical (unpaired) electrons. The van der Waals surface area contributed by atoms with Crippen LogP contribution in [0.5, 0.6) is 0 Å². The SMILES string of the molecule is O=C(NCC(O)Cc1ccccc1)C(=O)NC1CCCCCC1. The van der Waals surface area contributed by atoms with Crippen LogP contribution < -0.4 is 10.6 Å². The second kappa shape index (κ2) is 9.30. The summed E-state index contributed by atoms with van der Waals surface area (Å²) in [5, 5.41) is 15.3. The molecule has 1 unspecified atom stereocenters. The Morgan fingerprint density at radius 1 is 1.04 bits per heavy atom. The van der Waals surface area contributed by atoms with Gasteiger partial charge in [-0.2, -0.15) is 0 Å². The van der Waals surface area contributed by atoms with Crippen molar-refractivity contribution in [1.82, 2.24) is 10.6 Å². The average Bonchev–Trinajstić information content (AvgIpc) is 2.82. The Bertz CT molecular complexity index is 496. The standard InChI is InChI=1S/C18H26N2O3/c21-16(12-14-8-4-3-5-9-14)13-19-17(22)18(23)20-15-10-6-1-2-7-11-15/h3-5,8-9,15-16,21H,1-2,6-7,10-13H2,(H,19,22)(H,20,23). The molecule has 0 aromatic heterocycles. The second-order valence-electron chi connectivity index (χ2n) is 6.22. The molecule has 2 rings (SSSR count). The van der Waals surface area contributed by atoms with Crippen LogP contribution in [0.2, 0.25) is 0 Å². The highest BCUT2D eigenvalue weighted by Crippen LogP contribution is 2.17. The Hall–Kier alpha value is -1.88. The Morgan fingerprint density at radius 3 is 2.35 bits per heavy atom. The van der Waals surface area contributed by atoms with E-state index in [0.29, 0.717) is 6.42 Å². The molecular weight excluding hydrogens is 292 g/mol. The van der Waals surface area contributed by atoms with E-state index in [2.05, 4.69) is 10.6 Å². The van der Waals surface area contributed by atoms with Crippen molar-refractivity contribution in [2.45, 2.75) is 57.1 Å². The normalized spacial score (nSPS) is 17.1. The molecule has 3 N–H and O–H groups in total. The van der Waals surface area contributed by atoms with Gasteiger partial charge in [0, 0.05) is 19.0 Å². The van der Waals surface area contributed by atoms with Crippen molar-refractivity contribution in [2.24, 2.45) is 0 Å². The molecule has 1 fully saturated rings. The van der Waals surface area contributed by atoms with Gasteiger partial charge in [-0.3, -0.25) is 9.59 Å². The van der Waals surface area contributed by atoms with E-state index in [9.17, 15) is 14.7 Å². The number of aliphatic hydroxyl groups is 1. The van der Waals surface area contributed by atoms with Gasteiger partial charge in [-0.1, -0.05) is 56.0 Å². The number of benzene rings is 1. The summed E-state index contributed by atoms with van der Waals surface area (Å²) in [6, 6.07) is 9.66. The van der Waals surface area contributed by atoms with Gasteiger partial charge in [0.1, 0.15) is 0 Å². The lowest BCUT2D eigenvalue weighted by Gasteiger charge is -2.16. The smallest absolute Gasteiger partial charge is 0.309 e. The zero-order valence-corrected chi connectivity index (χ0v) is 13.5. The summed E-state index contributed by atoms with van der Waals surface area (Å²) in [6.07, 6.45) is 6.22. The molecule has 2 amide bonds. The zero-order valence-electron chi connectivity index (χ0n) is 13.5. The fourth-order valence-corrected chi connectivity index (χ4v) is 2.92. The maximum Gasteiger partial charge on any atom is 0.309 e. The van der Waals surface area contributed by atoms with Gasteiger partial charge in [-0.05, 0) is 18.4 Å². The molecule has 23 heavy (non-hydrogen) atoms. The molecule has 126 valence electrons. The molecule has 5 nitrogen and oxygen atoms in total. The van der Waals surface area contributed by atoms with Crippen LogP contribution in [-0.4, -0.2) is 35.6 Å². The highest BCUT2D eigenvalue weighted by molar-refractivity contribution is 6.35. The van der Waals surface area contributed by atoms with Crippen LogP contribution in [0.15, 0.2) is 30.3 Å². The van der Waals surface area contributed by atoms with Crippen molar-refractivity contribution in [3.8, 4) is 0 Å². The van der Waals surface area contributed by atoms with Crippen LogP contribution >= 0.6 is 0 Å². The number of carbonyl (C=O) groups is 2. The van der Waals surface area contributed by atoms with Crippen molar-refractivity contribution in [3.05, 3.63) is 35.9 Å². The lowest BCUT2D eigenvalue weighted by atomic mass is 10.1. The van der Waals surface area contributed by atoms with E-state index < -0.39 is 17.9 Å². The third kappa shape index (κ3) is 6.40. The van der Waals surface area contributed by atoms with E-state index in [0.717, 1.165) is 31.2 Å². The maximum absolute atomic E-state index is 11.9. The predicted molar refractivity (Wildman–Crippen MR) is 88.8 cm³/mol. The first-order valence-electron chi connectivity index (χ1n) is 8.46. The number of hydrogen-bond donors (Lipinski definition) is 3. The van der Waals surface area contributed by atoms with Crippen molar-refractivity contribution < 1.29 is 14.7 Å². The molecule has 0 bridgehead atoms. The molecule has 0 heterocycles. The molecule has 1 aromatic carbocycles. The van der Waals surface area contributed by atoms with E-state index >= 15 is 0 Å². The van der Waals surface area contributed by atoms with E-state index in [1.807, 2.05) is 30.3 Å². The predicted octanol–water partition coefficient (Wildman–Crippen LogP) is 1.55. The van der Waals surface area contributed by atoms with Crippen LogP contribution in [0.1, 0.15) is 44.1 Å². The molecule has 1 saturated carbocycles. The molecule has 0 aliphatic heterocycles. The van der Waals surface area contributed by atoms with E-state index in [4.69, 9.17) is 0 Å². The van der Waals surface area contributed by atoms with Crippen molar-refractivity contribution in [1.29, 1.82) is 0 Å². The summed E-state index contributed by atoms with van der Waals surface area (Å²) in [4.78, 5) is 23.7. The monoisotopic (exact) mass is 318 g/mol. The van der Waals surface area contributed by atoms with Gasteiger partial charge in [0.05, 0.1) is 6.10 Å². The van der Waals surface area contributed by atoms with Gasteiger partial charge < -0.3 is 15.7 Å². The molecule has 5 heteroatoms. The molecule has 1 atom stereocenters. The lowest BCUT2D eigenvalue weighted by molar-refractivity contribution is -0.139. The van der Waals surface area contributed by atoms with Gasteiger partial charge in [0.15, 0.2) is 0 Å². The number of aliphatic hydroxyl groups excluding tert-OH is 1. The minimum Gasteiger partial charge on any atom is -0.391 e. The molecule has 1 aliphatic rings. The number of hydrogen-bond acceptors (Lipinski definition) is 3. The first kappa shape index (κ1) is 17.5. The molecule has 1 aromatic rings. The summed E-state index contributed by atoms with van der Waals surface area (Å²) < 4.78 is 0. The zero-order chi connectivity index (χ0) is 16.5. The first-order chi connectivity index (χ1) is 11.1. The first-order valence-corrected chi connectivity index (χ1v) is 8.46. The number of amides is 2. The summed E-state index contributed by atoms with van der Waals surface area (Å²) in [7, 11) is 0. The van der Waals surface area contributed by atoms with Gasteiger partial charge >= 0.3 is 11.8 Å². The Kier molecular flexibility index (Phi) is 7.07. The number of rotatable bonds is 5. The summed E-state index contributed by atoms with van der Waals surface area (Å²) in [6.45, 7) is 0.0752. The van der Waals surface area contributed by atoms with Gasteiger partial charge in [0.2, 0.25) is 0 Å². The third-order valence-electron chi connectivity index (χ3n) is 4.21. The lowest BCUT2D eigenvalue weighted by Crippen LogP contribution is -2.46. The molecule has 1 aliphatic carbocycles. The molecule has 0 spiro atoms. The topological polar surface area (TPSA) is 78.4 Å². The van der Waals surface area contributed by atoms with Crippen LogP contribution in [0.4, 0.5) is 0 Å². The van der Waals surface area contributed by atoms with E-state index in [1.54, 1.807) is 0 Å². The van der Waals surface area contributed by atoms with Crippen LogP contribution in [0.3, 0.4) is 0 Å². The van der Waals surface area contributed by atoms with E-state index in [-0.39, 0.29) is 12.6 Å². The van der Waals surface area contributed by atoms with Gasteiger partial charge in [-0.15, -0.1) is 0 Å². The van der Waals surface area contributed by atoms with Crippen LogP contribution in [0.25, 0.3) is 0 Å². The van der Waals surface area contributed by atoms with Crippen molar-refractivity contribution >= 4 is 11.8 Å². The number of nitrogens with one attached hydrogen (secondary N) is 2. The second-order valence-corrected chi connectivity index (χ2v) is 6.22. The highest BCUT2D eigenvalue weighted by atomic mass is 16.3. The summed E-state index contributed by atoms with van der Waals surface area (Å²) >= 11 is 0. The maximum atomic E-state index is 11.9. The van der Waals surface area contributed by atoms with Crippen molar-refractivity contribution in [2.75, 3.05) is 6.54 Å². The van der Waals surface area contributed by atoms with E-state index in [1.165, 1.54) is 12.8 Å². The van der Waals surface area contributed by atoms with Crippen molar-refractivity contribution in [3.63, 3.8) is 0 Å². The minimum atomic E-state index is -0.702. The fourth-order valence-electron chi connectivity index (χ4n) is 2.92. The van der Waals surface area contributed by atoms with Gasteiger partial charge in [0.25, 0.3) is 0 Å². The van der Waals surface area contributed by atoms with Crippen LogP contribution in [0, 0.1) is 0 Å². The van der Waals surface area contributed by atoms with Gasteiger partial charge in [-0.25, -0.2) is 0 Å². The summed E-state index contributed by atoms with van der Waals surface area (Å²) in [5.41, 5.74) is 0.997. The quantitative estimate of drug-likeness (QED) is 0.569. The molecular formula is C18H26N2O3. The number of carbonyl (C=O) groups excluding carboxylic acids is 2. The minimum absolute atomic E-state index is 0.0752. The Balaban J connectivity index is 1.69. The average molecular weight is 318 g/mol. The third-order valence-corrected chi connectivity index (χ3v) is 4.21. The summed E-state index contributed by atoms with van der Waals surface area (Å²) in [5.74, 6) is -1.26. The molecule has 0 saturated heterocycles. The highest BCUT2D eigenvalue weighted by Gasteiger charge is 2.20. The fraction of sp³-hybridized carbons (Fsp3) is 0.556. The largest absolute Gasteiger partial charge is 0.391 e. The van der Waals surface area contributed by atoms with Crippen LogP contribution in [-0.2, 0) is 16.0 Å². The Labute approximate surface area is 137 Å². The Morgan fingerprint density at radius 2 is 1.70 bits per heavy atom.